The van der Waals surface area contributed by atoms with Crippen LogP contribution < -0.4 is 0 Å². The number of hydrogen-bond donors (Lipinski definition) is 0. The summed E-state index contributed by atoms with van der Waals surface area (Å²) in [5.41, 5.74) is 1.33. The van der Waals surface area contributed by atoms with Gasteiger partial charge in [-0.05, 0) is 38.3 Å². The van der Waals surface area contributed by atoms with E-state index in [2.05, 4.69) is 5.10 Å². The van der Waals surface area contributed by atoms with Crippen molar-refractivity contribution in [3.8, 4) is 10.6 Å². The molecule has 5 heteroatoms. The lowest BCUT2D eigenvalue weighted by Gasteiger charge is -2.09. The first kappa shape index (κ1) is 12.8. The molecule has 18 heavy (non-hydrogen) atoms. The van der Waals surface area contributed by atoms with E-state index in [1.807, 2.05) is 31.4 Å². The van der Waals surface area contributed by atoms with E-state index in [1.54, 1.807) is 29.0 Å². The summed E-state index contributed by atoms with van der Waals surface area (Å²) in [4.78, 5) is 12.9. The second-order valence-electron chi connectivity index (χ2n) is 4.15. The van der Waals surface area contributed by atoms with E-state index >= 15 is 0 Å². The largest absolute Gasteiger partial charge is 0.461 e. The van der Waals surface area contributed by atoms with Gasteiger partial charge in [0.1, 0.15) is 11.4 Å². The van der Waals surface area contributed by atoms with Crippen molar-refractivity contribution in [1.82, 2.24) is 9.78 Å². The predicted octanol–water partition coefficient (Wildman–Crippen LogP) is 3.37. The topological polar surface area (TPSA) is 44.1 Å². The predicted molar refractivity (Wildman–Crippen MR) is 71.9 cm³/mol. The number of ether oxygens (including phenoxy) is 1. The Morgan fingerprint density at radius 2 is 2.33 bits per heavy atom. The first-order valence-electron chi connectivity index (χ1n) is 5.94. The SMILES string of the molecule is CCOC(=O)c1cc(-c2cccs2)nn1C(C)C. The Kier molecular flexibility index (Phi) is 3.81. The van der Waals surface area contributed by atoms with Gasteiger partial charge < -0.3 is 4.74 Å². The molecule has 0 spiro atoms. The van der Waals surface area contributed by atoms with Crippen molar-refractivity contribution < 1.29 is 9.53 Å². The van der Waals surface area contributed by atoms with Crippen molar-refractivity contribution in [1.29, 1.82) is 0 Å². The van der Waals surface area contributed by atoms with Crippen LogP contribution in [0.25, 0.3) is 10.6 Å². The Morgan fingerprint density at radius 1 is 1.56 bits per heavy atom. The number of nitrogens with zero attached hydrogens (tertiary/aromatic N) is 2. The van der Waals surface area contributed by atoms with E-state index in [9.17, 15) is 4.79 Å². The quantitative estimate of drug-likeness (QED) is 0.795. The van der Waals surface area contributed by atoms with Gasteiger partial charge in [-0.3, -0.25) is 4.68 Å². The van der Waals surface area contributed by atoms with Gasteiger partial charge in [0.25, 0.3) is 0 Å². The molecule has 0 aromatic carbocycles. The van der Waals surface area contributed by atoms with Crippen LogP contribution in [0.2, 0.25) is 0 Å². The van der Waals surface area contributed by atoms with Crippen molar-refractivity contribution in [2.75, 3.05) is 6.61 Å². The Hall–Kier alpha value is -1.62. The van der Waals surface area contributed by atoms with E-state index < -0.39 is 0 Å². The smallest absolute Gasteiger partial charge is 0.356 e. The molecule has 2 aromatic heterocycles. The minimum absolute atomic E-state index is 0.123. The van der Waals surface area contributed by atoms with Gasteiger partial charge >= 0.3 is 5.97 Å². The maximum atomic E-state index is 11.9. The molecular weight excluding hydrogens is 248 g/mol. The third-order valence-electron chi connectivity index (χ3n) is 2.48. The Bertz CT molecular complexity index is 529. The lowest BCUT2D eigenvalue weighted by molar-refractivity contribution is 0.0510. The first-order valence-corrected chi connectivity index (χ1v) is 6.82. The van der Waals surface area contributed by atoms with E-state index in [-0.39, 0.29) is 12.0 Å². The lowest BCUT2D eigenvalue weighted by atomic mass is 10.3. The number of rotatable bonds is 4. The van der Waals surface area contributed by atoms with Gasteiger partial charge in [0.2, 0.25) is 0 Å². The molecule has 0 aliphatic carbocycles. The molecule has 0 aliphatic rings. The van der Waals surface area contributed by atoms with Gasteiger partial charge in [0.05, 0.1) is 11.5 Å². The second-order valence-corrected chi connectivity index (χ2v) is 5.10. The van der Waals surface area contributed by atoms with Gasteiger partial charge in [-0.1, -0.05) is 6.07 Å². The van der Waals surface area contributed by atoms with Gasteiger partial charge in [-0.15, -0.1) is 11.3 Å². The molecule has 2 rings (SSSR count). The molecule has 4 nitrogen and oxygen atoms in total. The molecule has 2 heterocycles. The molecular formula is C13H16N2O2S. The molecule has 0 aliphatic heterocycles. The van der Waals surface area contributed by atoms with Crippen LogP contribution in [-0.4, -0.2) is 22.4 Å². The number of carbonyl (C=O) groups excluding carboxylic acids is 1. The van der Waals surface area contributed by atoms with E-state index in [4.69, 9.17) is 4.74 Å². The summed E-state index contributed by atoms with van der Waals surface area (Å²) in [7, 11) is 0. The summed E-state index contributed by atoms with van der Waals surface area (Å²) in [6.07, 6.45) is 0. The van der Waals surface area contributed by atoms with E-state index in [0.717, 1.165) is 10.6 Å². The normalized spacial score (nSPS) is 10.9. The lowest BCUT2D eigenvalue weighted by Crippen LogP contribution is -2.14. The molecule has 0 unspecified atom stereocenters. The molecule has 2 aromatic rings. The van der Waals surface area contributed by atoms with Crippen molar-refractivity contribution in [2.45, 2.75) is 26.8 Å². The molecule has 0 N–H and O–H groups in total. The standard InChI is InChI=1S/C13H16N2O2S/c1-4-17-13(16)11-8-10(12-6-5-7-18-12)14-15(11)9(2)3/h5-9H,4H2,1-3H3. The average Bonchev–Trinajstić information content (AvgIpc) is 2.98. The highest BCUT2D eigenvalue weighted by Crippen LogP contribution is 2.25. The molecule has 0 atom stereocenters. The molecule has 0 bridgehead atoms. The number of hydrogen-bond acceptors (Lipinski definition) is 4. The summed E-state index contributed by atoms with van der Waals surface area (Å²) in [6, 6.07) is 5.88. The first-order chi connectivity index (χ1) is 8.63. The van der Waals surface area contributed by atoms with Crippen LogP contribution in [0, 0.1) is 0 Å². The molecule has 96 valence electrons. The number of carbonyl (C=O) groups is 1. The fourth-order valence-electron chi connectivity index (χ4n) is 1.69. The van der Waals surface area contributed by atoms with Crippen LogP contribution in [0.5, 0.6) is 0 Å². The third-order valence-corrected chi connectivity index (χ3v) is 3.38. The maximum Gasteiger partial charge on any atom is 0.356 e. The highest BCUT2D eigenvalue weighted by atomic mass is 32.1. The zero-order valence-corrected chi connectivity index (χ0v) is 11.5. The number of aromatic nitrogens is 2. The third kappa shape index (κ3) is 2.46. The van der Waals surface area contributed by atoms with Crippen molar-refractivity contribution >= 4 is 17.3 Å². The van der Waals surface area contributed by atoms with Crippen LogP contribution in [0.3, 0.4) is 0 Å². The molecule has 0 saturated heterocycles. The van der Waals surface area contributed by atoms with Crippen LogP contribution >= 0.6 is 11.3 Å². The fraction of sp³-hybridized carbons (Fsp3) is 0.385. The highest BCUT2D eigenvalue weighted by molar-refractivity contribution is 7.13. The summed E-state index contributed by atoms with van der Waals surface area (Å²) in [6.45, 7) is 6.16. The minimum Gasteiger partial charge on any atom is -0.461 e. The van der Waals surface area contributed by atoms with Gasteiger partial charge in [-0.2, -0.15) is 5.10 Å². The molecule has 0 saturated carbocycles. The van der Waals surface area contributed by atoms with E-state index in [0.29, 0.717) is 12.3 Å². The van der Waals surface area contributed by atoms with Gasteiger partial charge in [0, 0.05) is 6.04 Å². The monoisotopic (exact) mass is 264 g/mol. The average molecular weight is 264 g/mol. The summed E-state index contributed by atoms with van der Waals surface area (Å²) in [5.74, 6) is -0.318. The molecule has 0 amide bonds. The van der Waals surface area contributed by atoms with Crippen LogP contribution in [0.4, 0.5) is 0 Å². The number of esters is 1. The van der Waals surface area contributed by atoms with Gasteiger partial charge in [0.15, 0.2) is 0 Å². The summed E-state index contributed by atoms with van der Waals surface area (Å²) < 4.78 is 6.77. The molecule has 0 fully saturated rings. The second kappa shape index (κ2) is 5.35. The van der Waals surface area contributed by atoms with E-state index in [1.165, 1.54) is 0 Å². The Labute approximate surface area is 110 Å². The van der Waals surface area contributed by atoms with Crippen molar-refractivity contribution in [3.63, 3.8) is 0 Å². The maximum absolute atomic E-state index is 11.9. The van der Waals surface area contributed by atoms with Crippen molar-refractivity contribution in [2.24, 2.45) is 0 Å². The summed E-state index contributed by atoms with van der Waals surface area (Å²) >= 11 is 1.61. The Balaban J connectivity index is 2.42. The van der Waals surface area contributed by atoms with Gasteiger partial charge in [-0.25, -0.2) is 4.79 Å². The van der Waals surface area contributed by atoms with Crippen LogP contribution in [0.1, 0.15) is 37.3 Å². The summed E-state index contributed by atoms with van der Waals surface area (Å²) in [5, 5.41) is 6.48. The van der Waals surface area contributed by atoms with Crippen LogP contribution in [0.15, 0.2) is 23.6 Å². The van der Waals surface area contributed by atoms with Crippen LogP contribution in [-0.2, 0) is 4.74 Å². The van der Waals surface area contributed by atoms with Crippen molar-refractivity contribution in [3.05, 3.63) is 29.3 Å². The zero-order chi connectivity index (χ0) is 13.1. The molecule has 0 radical (unpaired) electrons. The minimum atomic E-state index is -0.318. The zero-order valence-electron chi connectivity index (χ0n) is 10.7. The Morgan fingerprint density at radius 3 is 2.89 bits per heavy atom. The highest BCUT2D eigenvalue weighted by Gasteiger charge is 2.19. The number of thiophene rings is 1. The fourth-order valence-corrected chi connectivity index (χ4v) is 2.37.